The number of aryl methyl sites for hydroxylation is 1. The van der Waals surface area contributed by atoms with Crippen molar-refractivity contribution in [3.63, 3.8) is 0 Å². The van der Waals surface area contributed by atoms with Gasteiger partial charge in [0.15, 0.2) is 23.6 Å². The fraction of sp³-hybridized carbons (Fsp3) is 0.333. The Morgan fingerprint density at radius 3 is 2.53 bits per heavy atom. The van der Waals surface area contributed by atoms with E-state index >= 15 is 0 Å². The SMILES string of the molecule is CCOC(=O)COc1ccc(/C=C2\S[C@H](Nc3ccc(CC)cc3)NC2=O)cc1OCC. The van der Waals surface area contributed by atoms with Crippen LogP contribution in [0.2, 0.25) is 0 Å². The summed E-state index contributed by atoms with van der Waals surface area (Å²) in [6.45, 7) is 6.26. The number of anilines is 1. The quantitative estimate of drug-likeness (QED) is 0.410. The second-order valence-corrected chi connectivity index (χ2v) is 8.05. The van der Waals surface area contributed by atoms with Crippen molar-refractivity contribution >= 4 is 35.4 Å². The van der Waals surface area contributed by atoms with Gasteiger partial charge in [-0.2, -0.15) is 0 Å². The minimum atomic E-state index is -0.442. The highest BCUT2D eigenvalue weighted by Crippen LogP contribution is 2.33. The average molecular weight is 457 g/mol. The maximum absolute atomic E-state index is 12.4. The molecule has 3 rings (SSSR count). The highest BCUT2D eigenvalue weighted by Gasteiger charge is 2.27. The van der Waals surface area contributed by atoms with Gasteiger partial charge < -0.3 is 24.8 Å². The molecule has 1 aliphatic heterocycles. The molecule has 1 heterocycles. The predicted molar refractivity (Wildman–Crippen MR) is 127 cm³/mol. The minimum absolute atomic E-state index is 0.140. The number of nitrogens with one attached hydrogen (secondary N) is 2. The number of rotatable bonds is 10. The molecule has 0 unspecified atom stereocenters. The molecule has 2 aromatic rings. The van der Waals surface area contributed by atoms with Crippen LogP contribution in [0.3, 0.4) is 0 Å². The standard InChI is InChI=1S/C24H28N2O5S/c1-4-16-7-10-18(11-8-16)25-24-26-23(28)21(32-24)14-17-9-12-19(20(13-17)29-5-2)31-15-22(27)30-6-3/h7-14,24-25H,4-6,15H2,1-3H3,(H,26,28)/b21-14-/t24-/m1/s1. The fourth-order valence-electron chi connectivity index (χ4n) is 3.05. The van der Waals surface area contributed by atoms with Gasteiger partial charge in [0.1, 0.15) is 0 Å². The Hall–Kier alpha value is -3.13. The number of hydrogen-bond donors (Lipinski definition) is 2. The minimum Gasteiger partial charge on any atom is -0.490 e. The largest absolute Gasteiger partial charge is 0.490 e. The normalized spacial score (nSPS) is 16.5. The second-order valence-electron chi connectivity index (χ2n) is 6.91. The van der Waals surface area contributed by atoms with Gasteiger partial charge in [-0.1, -0.05) is 36.9 Å². The smallest absolute Gasteiger partial charge is 0.344 e. The third-order valence-electron chi connectivity index (χ3n) is 4.61. The number of carbonyl (C=O) groups is 2. The molecular formula is C24H28N2O5S. The monoisotopic (exact) mass is 456 g/mol. The number of hydrogen-bond acceptors (Lipinski definition) is 7. The van der Waals surface area contributed by atoms with E-state index in [1.54, 1.807) is 25.1 Å². The highest BCUT2D eigenvalue weighted by molar-refractivity contribution is 8.05. The first-order valence-corrected chi connectivity index (χ1v) is 11.5. The summed E-state index contributed by atoms with van der Waals surface area (Å²) in [6.07, 6.45) is 2.79. The Kier molecular flexibility index (Phi) is 8.44. The summed E-state index contributed by atoms with van der Waals surface area (Å²) in [5, 5.41) is 6.25. The summed E-state index contributed by atoms with van der Waals surface area (Å²) in [5.41, 5.74) is 2.75. The van der Waals surface area contributed by atoms with E-state index in [1.807, 2.05) is 25.1 Å². The van der Waals surface area contributed by atoms with E-state index in [-0.39, 0.29) is 18.0 Å². The van der Waals surface area contributed by atoms with Crippen molar-refractivity contribution in [3.8, 4) is 11.5 Å². The maximum Gasteiger partial charge on any atom is 0.344 e. The van der Waals surface area contributed by atoms with Gasteiger partial charge in [-0.15, -0.1) is 0 Å². The molecule has 0 saturated carbocycles. The van der Waals surface area contributed by atoms with Crippen LogP contribution in [0.4, 0.5) is 5.69 Å². The van der Waals surface area contributed by atoms with Gasteiger partial charge in [0.25, 0.3) is 5.91 Å². The molecule has 0 bridgehead atoms. The third kappa shape index (κ3) is 6.43. The van der Waals surface area contributed by atoms with Crippen molar-refractivity contribution in [2.45, 2.75) is 32.7 Å². The molecule has 170 valence electrons. The van der Waals surface area contributed by atoms with Crippen LogP contribution in [-0.2, 0) is 20.7 Å². The topological polar surface area (TPSA) is 85.9 Å². The van der Waals surface area contributed by atoms with E-state index in [9.17, 15) is 9.59 Å². The van der Waals surface area contributed by atoms with Crippen molar-refractivity contribution in [2.75, 3.05) is 25.1 Å². The molecule has 1 aliphatic rings. The number of benzene rings is 2. The van der Waals surface area contributed by atoms with Gasteiger partial charge in [-0.3, -0.25) is 4.79 Å². The number of ether oxygens (including phenoxy) is 3. The molecule has 1 saturated heterocycles. The van der Waals surface area contributed by atoms with Crippen molar-refractivity contribution < 1.29 is 23.8 Å². The lowest BCUT2D eigenvalue weighted by Crippen LogP contribution is -2.30. The molecule has 0 aromatic heterocycles. The molecule has 2 aromatic carbocycles. The lowest BCUT2D eigenvalue weighted by atomic mass is 10.1. The van der Waals surface area contributed by atoms with Crippen molar-refractivity contribution in [3.05, 3.63) is 58.5 Å². The summed E-state index contributed by atoms with van der Waals surface area (Å²) in [4.78, 5) is 24.6. The van der Waals surface area contributed by atoms with Gasteiger partial charge in [0.2, 0.25) is 0 Å². The number of thioether (sulfide) groups is 1. The summed E-state index contributed by atoms with van der Waals surface area (Å²) < 4.78 is 16.1. The van der Waals surface area contributed by atoms with E-state index in [0.29, 0.717) is 29.6 Å². The highest BCUT2D eigenvalue weighted by atomic mass is 32.2. The maximum atomic E-state index is 12.4. The van der Waals surface area contributed by atoms with Crippen LogP contribution >= 0.6 is 11.8 Å². The van der Waals surface area contributed by atoms with Gasteiger partial charge in [0, 0.05) is 5.69 Å². The molecule has 2 N–H and O–H groups in total. The zero-order valence-corrected chi connectivity index (χ0v) is 19.3. The fourth-order valence-corrected chi connectivity index (χ4v) is 4.03. The van der Waals surface area contributed by atoms with Gasteiger partial charge >= 0.3 is 5.97 Å². The van der Waals surface area contributed by atoms with Crippen LogP contribution in [0.25, 0.3) is 6.08 Å². The molecule has 0 aliphatic carbocycles. The van der Waals surface area contributed by atoms with E-state index in [0.717, 1.165) is 17.7 Å². The third-order valence-corrected chi connectivity index (χ3v) is 5.64. The lowest BCUT2D eigenvalue weighted by molar-refractivity contribution is -0.145. The Labute approximate surface area is 192 Å². The molecule has 0 radical (unpaired) electrons. The molecule has 1 fully saturated rings. The summed E-state index contributed by atoms with van der Waals surface area (Å²) >= 11 is 1.42. The van der Waals surface area contributed by atoms with Crippen LogP contribution in [-0.4, -0.2) is 37.2 Å². The number of amides is 1. The first kappa shape index (κ1) is 23.5. The van der Waals surface area contributed by atoms with E-state index in [4.69, 9.17) is 14.2 Å². The molecule has 32 heavy (non-hydrogen) atoms. The Morgan fingerprint density at radius 1 is 1.06 bits per heavy atom. The van der Waals surface area contributed by atoms with Crippen LogP contribution in [0, 0.1) is 0 Å². The van der Waals surface area contributed by atoms with Crippen LogP contribution < -0.4 is 20.1 Å². The molecule has 0 spiro atoms. The summed E-state index contributed by atoms with van der Waals surface area (Å²) in [6, 6.07) is 13.5. The van der Waals surface area contributed by atoms with Crippen molar-refractivity contribution in [1.82, 2.24) is 5.32 Å². The predicted octanol–water partition coefficient (Wildman–Crippen LogP) is 4.19. The number of carbonyl (C=O) groups excluding carboxylic acids is 2. The van der Waals surface area contributed by atoms with E-state index in [1.165, 1.54) is 17.3 Å². The van der Waals surface area contributed by atoms with Gasteiger partial charge in [-0.25, -0.2) is 4.79 Å². The van der Waals surface area contributed by atoms with Gasteiger partial charge in [-0.05, 0) is 61.7 Å². The summed E-state index contributed by atoms with van der Waals surface area (Å²) in [5.74, 6) is 0.363. The Balaban J connectivity index is 1.68. The molecular weight excluding hydrogens is 428 g/mol. The summed E-state index contributed by atoms with van der Waals surface area (Å²) in [7, 11) is 0. The van der Waals surface area contributed by atoms with Gasteiger partial charge in [0.05, 0.1) is 18.1 Å². The van der Waals surface area contributed by atoms with Crippen molar-refractivity contribution in [2.24, 2.45) is 0 Å². The second kappa shape index (κ2) is 11.5. The van der Waals surface area contributed by atoms with E-state index < -0.39 is 5.97 Å². The molecule has 1 atom stereocenters. The lowest BCUT2D eigenvalue weighted by Gasteiger charge is -2.13. The average Bonchev–Trinajstić information content (AvgIpc) is 3.12. The van der Waals surface area contributed by atoms with Crippen LogP contribution in [0.5, 0.6) is 11.5 Å². The Bertz CT molecular complexity index is 975. The first-order chi connectivity index (χ1) is 15.5. The van der Waals surface area contributed by atoms with Crippen LogP contribution in [0.15, 0.2) is 47.4 Å². The van der Waals surface area contributed by atoms with Crippen molar-refractivity contribution in [1.29, 1.82) is 0 Å². The molecule has 1 amide bonds. The Morgan fingerprint density at radius 2 is 1.84 bits per heavy atom. The zero-order valence-electron chi connectivity index (χ0n) is 18.5. The molecule has 7 nitrogen and oxygen atoms in total. The van der Waals surface area contributed by atoms with E-state index in [2.05, 4.69) is 29.7 Å². The zero-order chi connectivity index (χ0) is 22.9. The first-order valence-electron chi connectivity index (χ1n) is 10.6. The number of esters is 1. The van der Waals surface area contributed by atoms with Crippen LogP contribution in [0.1, 0.15) is 31.9 Å². The molecule has 8 heteroatoms.